The first-order chi connectivity index (χ1) is 20.8. The summed E-state index contributed by atoms with van der Waals surface area (Å²) in [5.41, 5.74) is 3.09. The molecule has 5 rings (SSSR count). The summed E-state index contributed by atoms with van der Waals surface area (Å²) in [5.74, 6) is 0.809. The van der Waals surface area contributed by atoms with Crippen molar-refractivity contribution in [2.75, 3.05) is 5.32 Å². The lowest BCUT2D eigenvalue weighted by Gasteiger charge is -2.42. The highest BCUT2D eigenvalue weighted by Crippen LogP contribution is 2.43. The van der Waals surface area contributed by atoms with Crippen LogP contribution in [0.25, 0.3) is 11.0 Å². The molecule has 0 bridgehead atoms. The molecule has 0 amide bonds. The van der Waals surface area contributed by atoms with Gasteiger partial charge in [-0.2, -0.15) is 0 Å². The van der Waals surface area contributed by atoms with Crippen molar-refractivity contribution in [2.24, 2.45) is 0 Å². The number of aromatic nitrogens is 3. The average molecular weight is 561 g/mol. The van der Waals surface area contributed by atoms with Gasteiger partial charge in [0, 0.05) is 12.1 Å². The molecule has 2 unspecified atom stereocenters. The van der Waals surface area contributed by atoms with Gasteiger partial charge in [-0.25, -0.2) is 4.68 Å². The number of benzene rings is 4. The zero-order valence-corrected chi connectivity index (χ0v) is 24.9. The Balaban J connectivity index is 1.55. The highest BCUT2D eigenvalue weighted by atomic mass is 16.5. The summed E-state index contributed by atoms with van der Waals surface area (Å²) in [6.45, 7) is 2.28. The number of unbranched alkanes of at least 4 members (excludes halogenated alkanes) is 8. The highest BCUT2D eigenvalue weighted by molar-refractivity contribution is 5.74. The van der Waals surface area contributed by atoms with Crippen LogP contribution in [0, 0.1) is 0 Å². The monoisotopic (exact) mass is 560 g/mol. The van der Waals surface area contributed by atoms with E-state index in [9.17, 15) is 0 Å². The molecule has 0 saturated carbocycles. The summed E-state index contributed by atoms with van der Waals surface area (Å²) >= 11 is 0. The fraction of sp³-hybridized carbons (Fsp3) is 0.351. The predicted molar refractivity (Wildman–Crippen MR) is 174 cm³/mol. The molecule has 5 heteroatoms. The van der Waals surface area contributed by atoms with Gasteiger partial charge in [0.15, 0.2) is 0 Å². The van der Waals surface area contributed by atoms with E-state index in [0.29, 0.717) is 0 Å². The zero-order valence-electron chi connectivity index (χ0n) is 24.9. The first-order valence-electron chi connectivity index (χ1n) is 15.7. The van der Waals surface area contributed by atoms with Crippen molar-refractivity contribution in [3.8, 4) is 5.75 Å². The second-order valence-corrected chi connectivity index (χ2v) is 11.2. The Morgan fingerprint density at radius 3 is 1.93 bits per heavy atom. The van der Waals surface area contributed by atoms with Gasteiger partial charge in [-0.1, -0.05) is 142 Å². The van der Waals surface area contributed by atoms with Crippen LogP contribution in [-0.2, 0) is 5.72 Å². The first-order valence-corrected chi connectivity index (χ1v) is 15.7. The fourth-order valence-electron chi connectivity index (χ4n) is 5.86. The van der Waals surface area contributed by atoms with E-state index >= 15 is 0 Å². The molecule has 0 saturated heterocycles. The van der Waals surface area contributed by atoms with Crippen LogP contribution in [-0.4, -0.2) is 15.0 Å². The molecular weight excluding hydrogens is 516 g/mol. The molecule has 0 radical (unpaired) electrons. The zero-order chi connectivity index (χ0) is 28.9. The largest absolute Gasteiger partial charge is 0.463 e. The van der Waals surface area contributed by atoms with Crippen molar-refractivity contribution in [3.63, 3.8) is 0 Å². The first kappa shape index (κ1) is 29.4. The number of rotatable bonds is 17. The Morgan fingerprint density at radius 2 is 1.24 bits per heavy atom. The van der Waals surface area contributed by atoms with Crippen LogP contribution in [0.2, 0.25) is 0 Å². The molecular formula is C37H44N4O. The van der Waals surface area contributed by atoms with Gasteiger partial charge in [-0.05, 0) is 48.4 Å². The molecule has 2 atom stereocenters. The Morgan fingerprint density at radius 1 is 0.667 bits per heavy atom. The van der Waals surface area contributed by atoms with E-state index in [4.69, 9.17) is 9.95 Å². The molecule has 1 heterocycles. The summed E-state index contributed by atoms with van der Waals surface area (Å²) in [7, 11) is 0. The van der Waals surface area contributed by atoms with Gasteiger partial charge < -0.3 is 10.1 Å². The van der Waals surface area contributed by atoms with Crippen LogP contribution in [0.4, 0.5) is 5.69 Å². The minimum Gasteiger partial charge on any atom is -0.463 e. The SMILES string of the molecule is CCCCCCCCCCCC(Oc1ccccc1)(C(Nc1ccccc1)c1ccccc1)n1nnc2ccccc21. The molecule has 0 aliphatic heterocycles. The van der Waals surface area contributed by atoms with E-state index in [0.717, 1.165) is 47.3 Å². The Hall–Kier alpha value is -4.12. The van der Waals surface area contributed by atoms with Crippen molar-refractivity contribution < 1.29 is 4.74 Å². The third-order valence-electron chi connectivity index (χ3n) is 8.06. The van der Waals surface area contributed by atoms with Crippen molar-refractivity contribution in [3.05, 3.63) is 121 Å². The second-order valence-electron chi connectivity index (χ2n) is 11.2. The van der Waals surface area contributed by atoms with Crippen LogP contribution in [0.15, 0.2) is 115 Å². The molecule has 1 aromatic heterocycles. The fourth-order valence-corrected chi connectivity index (χ4v) is 5.86. The van der Waals surface area contributed by atoms with Crippen molar-refractivity contribution in [1.29, 1.82) is 0 Å². The van der Waals surface area contributed by atoms with E-state index in [1.807, 2.05) is 53.2 Å². The number of hydrogen-bond donors (Lipinski definition) is 1. The van der Waals surface area contributed by atoms with E-state index < -0.39 is 5.72 Å². The van der Waals surface area contributed by atoms with Gasteiger partial charge >= 0.3 is 0 Å². The number of ether oxygens (including phenoxy) is 1. The van der Waals surface area contributed by atoms with Gasteiger partial charge in [0.05, 0.1) is 5.52 Å². The number of hydrogen-bond acceptors (Lipinski definition) is 4. The average Bonchev–Trinajstić information content (AvgIpc) is 3.49. The second kappa shape index (κ2) is 15.2. The van der Waals surface area contributed by atoms with E-state index in [1.54, 1.807) is 0 Å². The van der Waals surface area contributed by atoms with Crippen LogP contribution in [0.5, 0.6) is 5.75 Å². The predicted octanol–water partition coefficient (Wildman–Crippen LogP) is 9.94. The van der Waals surface area contributed by atoms with E-state index in [1.165, 1.54) is 44.9 Å². The number of para-hydroxylation sites is 3. The van der Waals surface area contributed by atoms with Gasteiger partial charge in [0.25, 0.3) is 0 Å². The molecule has 218 valence electrons. The molecule has 5 aromatic rings. The van der Waals surface area contributed by atoms with Crippen molar-refractivity contribution in [2.45, 2.75) is 82.9 Å². The van der Waals surface area contributed by atoms with Crippen molar-refractivity contribution >= 4 is 16.7 Å². The van der Waals surface area contributed by atoms with Crippen molar-refractivity contribution in [1.82, 2.24) is 15.0 Å². The third kappa shape index (κ3) is 7.39. The van der Waals surface area contributed by atoms with Gasteiger partial charge in [0.2, 0.25) is 5.72 Å². The molecule has 0 spiro atoms. The smallest absolute Gasteiger partial charge is 0.228 e. The van der Waals surface area contributed by atoms with Crippen LogP contribution >= 0.6 is 0 Å². The van der Waals surface area contributed by atoms with E-state index in [-0.39, 0.29) is 6.04 Å². The number of nitrogens with one attached hydrogen (secondary N) is 1. The van der Waals surface area contributed by atoms with Crippen LogP contribution in [0.1, 0.15) is 82.7 Å². The molecule has 5 nitrogen and oxygen atoms in total. The standard InChI is InChI=1S/C37H44N4O/c1-2-3-4-5-6-7-8-9-21-30-37(42-33-26-17-12-18-27-33,41-35-29-20-19-28-34(35)39-40-41)36(31-22-13-10-14-23-31)38-32-24-15-11-16-25-32/h10-20,22-29,36,38H,2-9,21,30H2,1H3. The lowest BCUT2D eigenvalue weighted by atomic mass is 9.89. The maximum Gasteiger partial charge on any atom is 0.228 e. The summed E-state index contributed by atoms with van der Waals surface area (Å²) in [5, 5.41) is 13.3. The quantitative estimate of drug-likeness (QED) is 0.115. The number of nitrogens with zero attached hydrogens (tertiary/aromatic N) is 3. The maximum absolute atomic E-state index is 7.21. The Bertz CT molecular complexity index is 1450. The number of anilines is 1. The molecule has 42 heavy (non-hydrogen) atoms. The summed E-state index contributed by atoms with van der Waals surface area (Å²) in [6, 6.07) is 39.1. The summed E-state index contributed by atoms with van der Waals surface area (Å²) in [4.78, 5) is 0. The molecule has 0 fully saturated rings. The molecule has 0 aliphatic carbocycles. The molecule has 1 N–H and O–H groups in total. The lowest BCUT2D eigenvalue weighted by Crippen LogP contribution is -2.49. The number of fused-ring (bicyclic) bond motifs is 1. The summed E-state index contributed by atoms with van der Waals surface area (Å²) < 4.78 is 9.25. The van der Waals surface area contributed by atoms with Crippen LogP contribution in [0.3, 0.4) is 0 Å². The highest BCUT2D eigenvalue weighted by Gasteiger charge is 2.46. The van der Waals surface area contributed by atoms with Gasteiger partial charge in [-0.3, -0.25) is 0 Å². The van der Waals surface area contributed by atoms with E-state index in [2.05, 4.69) is 84.1 Å². The minimum absolute atomic E-state index is 0.250. The topological polar surface area (TPSA) is 52.0 Å². The Kier molecular flexibility index (Phi) is 10.6. The Labute approximate surface area is 250 Å². The third-order valence-corrected chi connectivity index (χ3v) is 8.06. The molecule has 0 aliphatic rings. The maximum atomic E-state index is 7.21. The van der Waals surface area contributed by atoms with Gasteiger partial charge in [0.1, 0.15) is 17.3 Å². The van der Waals surface area contributed by atoms with Crippen LogP contribution < -0.4 is 10.1 Å². The molecule has 4 aromatic carbocycles. The van der Waals surface area contributed by atoms with Gasteiger partial charge in [-0.15, -0.1) is 5.10 Å². The minimum atomic E-state index is -0.893. The normalized spacial score (nSPS) is 13.5. The summed E-state index contributed by atoms with van der Waals surface area (Å²) in [6.07, 6.45) is 12.1. The lowest BCUT2D eigenvalue weighted by molar-refractivity contribution is -0.0481.